The zero-order chi connectivity index (χ0) is 22.8. The number of carbonyl (C=O) groups excluding carboxylic acids is 1. The molecule has 5 rings (SSSR count). The fourth-order valence-electron chi connectivity index (χ4n) is 4.23. The second kappa shape index (κ2) is 8.88. The van der Waals surface area contributed by atoms with E-state index in [0.29, 0.717) is 18.5 Å². The van der Waals surface area contributed by atoms with Crippen LogP contribution >= 0.6 is 0 Å². The van der Waals surface area contributed by atoms with Crippen LogP contribution in [0.25, 0.3) is 11.1 Å². The number of hydrogen-bond donors (Lipinski definition) is 4. The van der Waals surface area contributed by atoms with Gasteiger partial charge in [0.15, 0.2) is 0 Å². The lowest BCUT2D eigenvalue weighted by Crippen LogP contribution is -2.34. The van der Waals surface area contributed by atoms with Gasteiger partial charge in [-0.3, -0.25) is 9.89 Å². The van der Waals surface area contributed by atoms with Gasteiger partial charge in [-0.1, -0.05) is 54.6 Å². The Morgan fingerprint density at radius 2 is 1.91 bits per heavy atom. The van der Waals surface area contributed by atoms with Crippen LogP contribution in [0.15, 0.2) is 79.0 Å². The number of benzene rings is 3. The molecule has 7 heteroatoms. The molecule has 6 nitrogen and oxygen atoms in total. The van der Waals surface area contributed by atoms with E-state index in [1.165, 1.54) is 12.1 Å². The van der Waals surface area contributed by atoms with Crippen molar-refractivity contribution in [1.82, 2.24) is 15.5 Å². The number of anilines is 1. The molecule has 33 heavy (non-hydrogen) atoms. The van der Waals surface area contributed by atoms with E-state index in [1.54, 1.807) is 12.3 Å². The first-order valence-electron chi connectivity index (χ1n) is 10.8. The Hall–Kier alpha value is -3.97. The highest BCUT2D eigenvalue weighted by molar-refractivity contribution is 5.95. The summed E-state index contributed by atoms with van der Waals surface area (Å²) in [5.41, 5.74) is 4.34. The molecule has 0 spiro atoms. The monoisotopic (exact) mass is 442 g/mol. The Bertz CT molecular complexity index is 1270. The molecular formula is C26H23FN4O2. The number of amides is 1. The number of hydrogen-bond acceptors (Lipinski definition) is 4. The number of aromatic amines is 1. The van der Waals surface area contributed by atoms with Crippen LogP contribution in [0.4, 0.5) is 10.2 Å². The van der Waals surface area contributed by atoms with Crippen LogP contribution in [0, 0.1) is 5.82 Å². The molecule has 1 heterocycles. The average molecular weight is 442 g/mol. The zero-order valence-electron chi connectivity index (χ0n) is 17.8. The van der Waals surface area contributed by atoms with E-state index in [4.69, 9.17) is 0 Å². The van der Waals surface area contributed by atoms with Gasteiger partial charge < -0.3 is 15.7 Å². The van der Waals surface area contributed by atoms with Crippen molar-refractivity contribution >= 4 is 11.7 Å². The Morgan fingerprint density at radius 1 is 1.06 bits per heavy atom. The lowest BCUT2D eigenvalue weighted by atomic mass is 10.0. The van der Waals surface area contributed by atoms with Crippen molar-refractivity contribution in [2.45, 2.75) is 25.1 Å². The summed E-state index contributed by atoms with van der Waals surface area (Å²) in [7, 11) is 0. The van der Waals surface area contributed by atoms with Crippen LogP contribution in [0.3, 0.4) is 0 Å². The van der Waals surface area contributed by atoms with Crippen LogP contribution in [0.1, 0.15) is 33.1 Å². The number of aliphatic hydroxyl groups is 1. The smallest absolute Gasteiger partial charge is 0.254 e. The maximum atomic E-state index is 14.8. The molecule has 1 aromatic heterocycles. The number of rotatable bonds is 6. The second-order valence-electron chi connectivity index (χ2n) is 8.14. The lowest BCUT2D eigenvalue weighted by Gasteiger charge is -2.19. The number of fused-ring (bicyclic) bond motifs is 1. The van der Waals surface area contributed by atoms with Crippen molar-refractivity contribution in [3.05, 3.63) is 107 Å². The van der Waals surface area contributed by atoms with Gasteiger partial charge in [-0.25, -0.2) is 4.39 Å². The van der Waals surface area contributed by atoms with Crippen LogP contribution < -0.4 is 10.6 Å². The van der Waals surface area contributed by atoms with Crippen molar-refractivity contribution in [2.24, 2.45) is 0 Å². The number of halogens is 1. The number of nitrogens with one attached hydrogen (secondary N) is 3. The third-order valence-corrected chi connectivity index (χ3v) is 5.95. The normalized spacial score (nSPS) is 16.9. The molecule has 0 fully saturated rings. The van der Waals surface area contributed by atoms with E-state index in [-0.39, 0.29) is 5.56 Å². The number of H-pyrrole nitrogens is 1. The number of aromatic nitrogens is 2. The number of nitrogens with zero attached hydrogens (tertiary/aromatic N) is 1. The fraction of sp³-hybridized carbons (Fsp3) is 0.154. The summed E-state index contributed by atoms with van der Waals surface area (Å²) in [5, 5.41) is 23.4. The lowest BCUT2D eigenvalue weighted by molar-refractivity contribution is 0.0854. The molecule has 1 aliphatic rings. The molecule has 0 radical (unpaired) electrons. The molecule has 2 atom stereocenters. The van der Waals surface area contributed by atoms with Gasteiger partial charge in [-0.2, -0.15) is 5.10 Å². The molecule has 0 bridgehead atoms. The van der Waals surface area contributed by atoms with E-state index in [9.17, 15) is 14.3 Å². The largest absolute Gasteiger partial charge is 0.390 e. The summed E-state index contributed by atoms with van der Waals surface area (Å²) in [6.45, 7) is 0.557. The van der Waals surface area contributed by atoms with Crippen LogP contribution in [0.2, 0.25) is 0 Å². The molecule has 3 aromatic carbocycles. The highest BCUT2D eigenvalue weighted by Crippen LogP contribution is 2.33. The van der Waals surface area contributed by atoms with E-state index < -0.39 is 23.9 Å². The highest BCUT2D eigenvalue weighted by atomic mass is 19.1. The standard InChI is InChI=1S/C26H23FN4O2/c27-22-13-18(17-4-2-1-3-5-17)8-9-20(22)26(33)30-25-21-12-16(6-7-19(21)14-23(25)32)15-28-24-10-11-29-31-24/h1-13,23,25,32H,14-15H2,(H,30,33)(H2,28,29,31)/t23-,25-/m1/s1. The maximum Gasteiger partial charge on any atom is 0.254 e. The van der Waals surface area contributed by atoms with Gasteiger partial charge in [-0.15, -0.1) is 0 Å². The van der Waals surface area contributed by atoms with Gasteiger partial charge in [0, 0.05) is 13.0 Å². The Kier molecular flexibility index (Phi) is 5.62. The zero-order valence-corrected chi connectivity index (χ0v) is 17.8. The van der Waals surface area contributed by atoms with Gasteiger partial charge in [0.25, 0.3) is 5.91 Å². The average Bonchev–Trinajstić information content (AvgIpc) is 3.46. The summed E-state index contributed by atoms with van der Waals surface area (Å²) < 4.78 is 14.8. The van der Waals surface area contributed by atoms with Gasteiger partial charge >= 0.3 is 0 Å². The van der Waals surface area contributed by atoms with Crippen molar-refractivity contribution < 1.29 is 14.3 Å². The first kappa shape index (κ1) is 20.9. The van der Waals surface area contributed by atoms with Crippen LogP contribution in [-0.2, 0) is 13.0 Å². The van der Waals surface area contributed by atoms with Crippen molar-refractivity contribution in [3.63, 3.8) is 0 Å². The first-order valence-corrected chi connectivity index (χ1v) is 10.8. The summed E-state index contributed by atoms with van der Waals surface area (Å²) in [6, 6.07) is 21.2. The molecule has 0 saturated heterocycles. The minimum atomic E-state index is -0.772. The molecule has 0 unspecified atom stereocenters. The number of aliphatic hydroxyl groups excluding tert-OH is 1. The van der Waals surface area contributed by atoms with Gasteiger partial charge in [-0.05, 0) is 46.0 Å². The molecule has 1 aliphatic carbocycles. The van der Waals surface area contributed by atoms with Gasteiger partial charge in [0.1, 0.15) is 11.6 Å². The fourth-order valence-corrected chi connectivity index (χ4v) is 4.23. The molecule has 0 saturated carbocycles. The maximum absolute atomic E-state index is 14.8. The summed E-state index contributed by atoms with van der Waals surface area (Å²) in [5.74, 6) is -0.348. The van der Waals surface area contributed by atoms with Crippen LogP contribution in [-0.4, -0.2) is 27.3 Å². The second-order valence-corrected chi connectivity index (χ2v) is 8.14. The van der Waals surface area contributed by atoms with Crippen LogP contribution in [0.5, 0.6) is 0 Å². The minimum Gasteiger partial charge on any atom is -0.390 e. The first-order chi connectivity index (χ1) is 16.1. The summed E-state index contributed by atoms with van der Waals surface area (Å²) in [6.07, 6.45) is 1.33. The minimum absolute atomic E-state index is 0.0487. The molecular weight excluding hydrogens is 419 g/mol. The molecule has 166 valence electrons. The third-order valence-electron chi connectivity index (χ3n) is 5.95. The molecule has 1 amide bonds. The molecule has 4 N–H and O–H groups in total. The topological polar surface area (TPSA) is 90.0 Å². The van der Waals surface area contributed by atoms with E-state index >= 15 is 0 Å². The van der Waals surface area contributed by atoms with Crippen molar-refractivity contribution in [1.29, 1.82) is 0 Å². The van der Waals surface area contributed by atoms with E-state index in [1.807, 2.05) is 54.6 Å². The quantitative estimate of drug-likeness (QED) is 0.360. The third kappa shape index (κ3) is 4.36. The van der Waals surface area contributed by atoms with Gasteiger partial charge in [0.2, 0.25) is 0 Å². The van der Waals surface area contributed by atoms with E-state index in [2.05, 4.69) is 20.8 Å². The molecule has 4 aromatic rings. The Morgan fingerprint density at radius 3 is 2.67 bits per heavy atom. The summed E-state index contributed by atoms with van der Waals surface area (Å²) in [4.78, 5) is 12.9. The highest BCUT2D eigenvalue weighted by Gasteiger charge is 2.33. The predicted molar refractivity (Wildman–Crippen MR) is 124 cm³/mol. The van der Waals surface area contributed by atoms with Gasteiger partial charge in [0.05, 0.1) is 23.9 Å². The Balaban J connectivity index is 1.33. The summed E-state index contributed by atoms with van der Waals surface area (Å²) >= 11 is 0. The SMILES string of the molecule is O=C(N[C@@H]1c2cc(CNc3ccn[nH]3)ccc2C[C@H]1O)c1ccc(-c2ccccc2)cc1F. The van der Waals surface area contributed by atoms with E-state index in [0.717, 1.165) is 28.1 Å². The number of carbonyl (C=O) groups is 1. The Labute approximate surface area is 190 Å². The van der Waals surface area contributed by atoms with Crippen molar-refractivity contribution in [3.8, 4) is 11.1 Å². The predicted octanol–water partition coefficient (Wildman–Crippen LogP) is 4.22. The van der Waals surface area contributed by atoms with Crippen molar-refractivity contribution in [2.75, 3.05) is 5.32 Å². The molecule has 0 aliphatic heterocycles.